The van der Waals surface area contributed by atoms with Crippen molar-refractivity contribution in [3.63, 3.8) is 0 Å². The minimum Gasteiger partial charge on any atom is -0.491 e. The first-order valence-corrected chi connectivity index (χ1v) is 12.8. The van der Waals surface area contributed by atoms with Gasteiger partial charge in [-0.05, 0) is 42.8 Å². The van der Waals surface area contributed by atoms with Gasteiger partial charge >= 0.3 is 0 Å². The van der Waals surface area contributed by atoms with E-state index in [1.54, 1.807) is 30.6 Å². The molecule has 0 saturated carbocycles. The lowest BCUT2D eigenvalue weighted by Crippen LogP contribution is -2.33. The van der Waals surface area contributed by atoms with Gasteiger partial charge in [0.05, 0.1) is 36.5 Å². The molecule has 0 spiro atoms. The largest absolute Gasteiger partial charge is 0.491 e. The highest BCUT2D eigenvalue weighted by molar-refractivity contribution is 7.92. The van der Waals surface area contributed by atoms with E-state index in [0.717, 1.165) is 24.1 Å². The summed E-state index contributed by atoms with van der Waals surface area (Å²) in [4.78, 5) is 23.6. The highest BCUT2D eigenvalue weighted by Gasteiger charge is 2.15. The van der Waals surface area contributed by atoms with Crippen LogP contribution in [0.25, 0.3) is 0 Å². The first-order valence-electron chi connectivity index (χ1n) is 10.9. The van der Waals surface area contributed by atoms with Crippen molar-refractivity contribution < 1.29 is 17.9 Å². The molecule has 0 atom stereocenters. The number of benzene rings is 1. The Morgan fingerprint density at radius 2 is 1.65 bits per heavy atom. The van der Waals surface area contributed by atoms with Crippen molar-refractivity contribution in [2.45, 2.75) is 26.4 Å². The summed E-state index contributed by atoms with van der Waals surface area (Å²) in [7, 11) is -3.47. The van der Waals surface area contributed by atoms with E-state index in [1.807, 2.05) is 48.2 Å². The van der Waals surface area contributed by atoms with Crippen LogP contribution in [-0.4, -0.2) is 48.6 Å². The Bertz CT molecular complexity index is 1130. The number of carbonyl (C=O) groups is 1. The molecule has 0 unspecified atom stereocenters. The molecule has 180 valence electrons. The van der Waals surface area contributed by atoms with Gasteiger partial charge in [-0.15, -0.1) is 0 Å². The van der Waals surface area contributed by atoms with Crippen molar-refractivity contribution >= 4 is 27.3 Å². The third-order valence-corrected chi connectivity index (χ3v) is 5.20. The van der Waals surface area contributed by atoms with Gasteiger partial charge in [-0.25, -0.2) is 8.42 Å². The van der Waals surface area contributed by atoms with E-state index in [9.17, 15) is 13.2 Å². The Morgan fingerprint density at radius 3 is 2.18 bits per heavy atom. The minimum atomic E-state index is -3.47. The van der Waals surface area contributed by atoms with Crippen LogP contribution in [0.15, 0.2) is 67.0 Å². The first kappa shape index (κ1) is 25.1. The monoisotopic (exact) mass is 483 g/mol. The number of ether oxygens (including phenoxy) is 1. The third kappa shape index (κ3) is 8.45. The van der Waals surface area contributed by atoms with E-state index in [1.165, 1.54) is 0 Å². The fourth-order valence-electron chi connectivity index (χ4n) is 3.23. The standard InChI is InChI=1S/C24H29N5O4S/c1-3-14-33-23-15-19(10-11-22(23)28-34(2,31)32)27-24(30)18-29(16-20-8-4-6-12-25-20)17-21-9-5-7-13-26-21/h4-13,15,28H,3,14,16-18H2,1-2H3,(H,27,30). The van der Waals surface area contributed by atoms with Crippen LogP contribution in [0.2, 0.25) is 0 Å². The molecular formula is C24H29N5O4S. The molecule has 10 heteroatoms. The molecule has 0 aliphatic rings. The van der Waals surface area contributed by atoms with E-state index in [4.69, 9.17) is 4.74 Å². The summed E-state index contributed by atoms with van der Waals surface area (Å²) in [6.45, 7) is 3.44. The molecule has 0 bridgehead atoms. The Hall–Kier alpha value is -3.50. The Kier molecular flexibility index (Phi) is 8.94. The van der Waals surface area contributed by atoms with Crippen LogP contribution in [-0.2, 0) is 27.9 Å². The molecule has 0 aliphatic carbocycles. The summed E-state index contributed by atoms with van der Waals surface area (Å²) in [5.74, 6) is 0.126. The smallest absolute Gasteiger partial charge is 0.238 e. The molecule has 3 aromatic rings. The Balaban J connectivity index is 1.73. The minimum absolute atomic E-state index is 0.113. The van der Waals surface area contributed by atoms with Gasteiger partial charge in [0.1, 0.15) is 5.75 Å². The molecule has 2 aromatic heterocycles. The number of carbonyl (C=O) groups excluding carboxylic acids is 1. The van der Waals surface area contributed by atoms with Gasteiger partial charge in [0.25, 0.3) is 0 Å². The molecule has 0 fully saturated rings. The fourth-order valence-corrected chi connectivity index (χ4v) is 3.80. The summed E-state index contributed by atoms with van der Waals surface area (Å²) in [5, 5.41) is 2.87. The normalized spacial score (nSPS) is 11.3. The SMILES string of the molecule is CCCOc1cc(NC(=O)CN(Cc2ccccn2)Cc2ccccn2)ccc1NS(C)(=O)=O. The van der Waals surface area contributed by atoms with Gasteiger partial charge in [-0.3, -0.25) is 24.4 Å². The summed E-state index contributed by atoms with van der Waals surface area (Å²) >= 11 is 0. The van der Waals surface area contributed by atoms with Gasteiger partial charge in [0.15, 0.2) is 0 Å². The van der Waals surface area contributed by atoms with E-state index in [-0.39, 0.29) is 12.5 Å². The van der Waals surface area contributed by atoms with E-state index >= 15 is 0 Å². The molecule has 2 heterocycles. The number of hydrogen-bond acceptors (Lipinski definition) is 7. The number of amides is 1. The van der Waals surface area contributed by atoms with Crippen molar-refractivity contribution in [2.75, 3.05) is 29.4 Å². The number of sulfonamides is 1. The van der Waals surface area contributed by atoms with Gasteiger partial charge in [0.2, 0.25) is 15.9 Å². The zero-order valence-electron chi connectivity index (χ0n) is 19.3. The number of rotatable bonds is 12. The first-order chi connectivity index (χ1) is 16.3. The summed E-state index contributed by atoms with van der Waals surface area (Å²) in [6.07, 6.45) is 5.27. The number of aromatic nitrogens is 2. The van der Waals surface area contributed by atoms with Crippen LogP contribution in [0.5, 0.6) is 5.75 Å². The number of nitrogens with zero attached hydrogens (tertiary/aromatic N) is 3. The summed E-state index contributed by atoms with van der Waals surface area (Å²) in [6, 6.07) is 16.1. The van der Waals surface area contributed by atoms with Crippen LogP contribution in [0, 0.1) is 0 Å². The number of anilines is 2. The zero-order valence-corrected chi connectivity index (χ0v) is 20.1. The quantitative estimate of drug-likeness (QED) is 0.406. The average molecular weight is 484 g/mol. The lowest BCUT2D eigenvalue weighted by Gasteiger charge is -2.21. The lowest BCUT2D eigenvalue weighted by molar-refractivity contribution is -0.117. The molecule has 0 saturated heterocycles. The zero-order chi connectivity index (χ0) is 24.4. The fraction of sp³-hybridized carbons (Fsp3) is 0.292. The Labute approximate surface area is 200 Å². The number of pyridine rings is 2. The molecule has 1 aromatic carbocycles. The van der Waals surface area contributed by atoms with E-state index in [2.05, 4.69) is 20.0 Å². The molecule has 2 N–H and O–H groups in total. The molecule has 3 rings (SSSR count). The molecule has 0 radical (unpaired) electrons. The van der Waals surface area contributed by atoms with Crippen LogP contribution < -0.4 is 14.8 Å². The van der Waals surface area contributed by atoms with Gasteiger partial charge < -0.3 is 10.1 Å². The third-order valence-electron chi connectivity index (χ3n) is 4.61. The molecule has 9 nitrogen and oxygen atoms in total. The highest BCUT2D eigenvalue weighted by Crippen LogP contribution is 2.29. The predicted molar refractivity (Wildman–Crippen MR) is 132 cm³/mol. The lowest BCUT2D eigenvalue weighted by atomic mass is 10.2. The second-order valence-electron chi connectivity index (χ2n) is 7.77. The maximum Gasteiger partial charge on any atom is 0.238 e. The van der Waals surface area contributed by atoms with E-state index in [0.29, 0.717) is 36.8 Å². The van der Waals surface area contributed by atoms with Crippen molar-refractivity contribution in [1.82, 2.24) is 14.9 Å². The van der Waals surface area contributed by atoms with Crippen molar-refractivity contribution in [3.8, 4) is 5.75 Å². The van der Waals surface area contributed by atoms with Crippen LogP contribution in [0.1, 0.15) is 24.7 Å². The molecule has 0 aliphatic heterocycles. The molecule has 34 heavy (non-hydrogen) atoms. The topological polar surface area (TPSA) is 114 Å². The van der Waals surface area contributed by atoms with Gasteiger partial charge in [0, 0.05) is 37.2 Å². The van der Waals surface area contributed by atoms with Crippen LogP contribution >= 0.6 is 0 Å². The van der Waals surface area contributed by atoms with E-state index < -0.39 is 10.0 Å². The Morgan fingerprint density at radius 1 is 1.00 bits per heavy atom. The van der Waals surface area contributed by atoms with Crippen LogP contribution in [0.4, 0.5) is 11.4 Å². The maximum atomic E-state index is 12.9. The van der Waals surface area contributed by atoms with Crippen molar-refractivity contribution in [2.24, 2.45) is 0 Å². The second kappa shape index (κ2) is 12.1. The predicted octanol–water partition coefficient (Wildman–Crippen LogP) is 3.28. The summed E-state index contributed by atoms with van der Waals surface area (Å²) in [5.41, 5.74) is 2.52. The second-order valence-corrected chi connectivity index (χ2v) is 9.52. The molecule has 1 amide bonds. The summed E-state index contributed by atoms with van der Waals surface area (Å²) < 4.78 is 31.4. The molecular weight excluding hydrogens is 454 g/mol. The van der Waals surface area contributed by atoms with Crippen molar-refractivity contribution in [3.05, 3.63) is 78.4 Å². The van der Waals surface area contributed by atoms with Crippen molar-refractivity contribution in [1.29, 1.82) is 0 Å². The highest BCUT2D eigenvalue weighted by atomic mass is 32.2. The average Bonchev–Trinajstić information content (AvgIpc) is 2.79. The maximum absolute atomic E-state index is 12.9. The number of nitrogens with one attached hydrogen (secondary N) is 2. The number of hydrogen-bond donors (Lipinski definition) is 2. The van der Waals surface area contributed by atoms with Gasteiger partial charge in [-0.2, -0.15) is 0 Å². The van der Waals surface area contributed by atoms with Gasteiger partial charge in [-0.1, -0.05) is 19.1 Å². The van der Waals surface area contributed by atoms with Crippen LogP contribution in [0.3, 0.4) is 0 Å².